The smallest absolute Gasteiger partial charge is 0.282 e. The number of amides is 1. The van der Waals surface area contributed by atoms with Crippen molar-refractivity contribution in [3.8, 4) is 5.75 Å². The van der Waals surface area contributed by atoms with E-state index in [0.29, 0.717) is 29.4 Å². The second kappa shape index (κ2) is 9.15. The van der Waals surface area contributed by atoms with E-state index in [-0.39, 0.29) is 17.3 Å². The number of carbonyl (C=O) groups is 1. The molecule has 3 aromatic rings. The number of halogens is 1. The first-order valence-electron chi connectivity index (χ1n) is 9.85. The minimum atomic E-state index is -0.464. The summed E-state index contributed by atoms with van der Waals surface area (Å²) in [7, 11) is 0. The van der Waals surface area contributed by atoms with Crippen LogP contribution in [0.25, 0.3) is 6.08 Å². The number of amidine groups is 1. The maximum Gasteiger partial charge on any atom is 0.282 e. The summed E-state index contributed by atoms with van der Waals surface area (Å²) in [6, 6.07) is 20.7. The van der Waals surface area contributed by atoms with Crippen LogP contribution in [-0.2, 0) is 4.79 Å². The van der Waals surface area contributed by atoms with Crippen LogP contribution in [0.5, 0.6) is 5.75 Å². The maximum atomic E-state index is 13.4. The van der Waals surface area contributed by atoms with E-state index in [0.717, 1.165) is 10.0 Å². The number of carbonyl (C=O) groups excluding carboxylic acids is 1. The molecule has 4 rings (SSSR count). The summed E-state index contributed by atoms with van der Waals surface area (Å²) in [5.41, 5.74) is 2.28. The number of nitrogens with zero attached hydrogens (tertiary/aromatic N) is 3. The molecule has 0 saturated heterocycles. The minimum Gasteiger partial charge on any atom is -0.494 e. The molecule has 1 aliphatic rings. The summed E-state index contributed by atoms with van der Waals surface area (Å²) in [6.07, 6.45) is 1.62. The van der Waals surface area contributed by atoms with Crippen molar-refractivity contribution in [1.82, 2.24) is 0 Å². The lowest BCUT2D eigenvalue weighted by Crippen LogP contribution is -2.32. The van der Waals surface area contributed by atoms with E-state index in [2.05, 4.69) is 20.9 Å². The lowest BCUT2D eigenvalue weighted by Gasteiger charge is -2.19. The Hall–Kier alpha value is -3.78. The Kier molecular flexibility index (Phi) is 6.13. The largest absolute Gasteiger partial charge is 0.494 e. The standard InChI is InChI=1S/C24H18BrN3O4/c1-2-32-19-13-11-17(12-14-19)27-23(20-5-3-4-6-21(20)25)26-22(24(27)29)15-16-7-9-18(10-8-16)28(30)31/h3-15H,2H2,1H3/b22-15+. The van der Waals surface area contributed by atoms with Gasteiger partial charge in [-0.05, 0) is 61.0 Å². The lowest BCUT2D eigenvalue weighted by molar-refractivity contribution is -0.384. The molecule has 0 aliphatic carbocycles. The van der Waals surface area contributed by atoms with E-state index in [1.54, 1.807) is 23.1 Å². The zero-order valence-corrected chi connectivity index (χ0v) is 18.7. The molecule has 7 nitrogen and oxygen atoms in total. The summed E-state index contributed by atoms with van der Waals surface area (Å²) in [6.45, 7) is 2.46. The van der Waals surface area contributed by atoms with Gasteiger partial charge in [0.1, 0.15) is 17.3 Å². The van der Waals surface area contributed by atoms with Crippen LogP contribution in [-0.4, -0.2) is 23.3 Å². The highest BCUT2D eigenvalue weighted by atomic mass is 79.9. The Morgan fingerprint density at radius 1 is 1.06 bits per heavy atom. The fourth-order valence-electron chi connectivity index (χ4n) is 3.29. The number of aliphatic imine (C=N–C) groups is 1. The number of nitro groups is 1. The second-order valence-corrected chi connectivity index (χ2v) is 7.72. The topological polar surface area (TPSA) is 85.0 Å². The van der Waals surface area contributed by atoms with Gasteiger partial charge in [0.25, 0.3) is 11.6 Å². The molecule has 0 atom stereocenters. The first-order valence-corrected chi connectivity index (χ1v) is 10.6. The quantitative estimate of drug-likeness (QED) is 0.255. The zero-order chi connectivity index (χ0) is 22.7. The molecule has 0 N–H and O–H groups in total. The molecule has 0 radical (unpaired) electrons. The zero-order valence-electron chi connectivity index (χ0n) is 17.1. The average Bonchev–Trinajstić information content (AvgIpc) is 3.11. The molecular formula is C24H18BrN3O4. The fraction of sp³-hybridized carbons (Fsp3) is 0.0833. The highest BCUT2D eigenvalue weighted by Gasteiger charge is 2.33. The van der Waals surface area contributed by atoms with Gasteiger partial charge in [-0.1, -0.05) is 34.1 Å². The van der Waals surface area contributed by atoms with E-state index in [1.165, 1.54) is 12.1 Å². The Labute approximate surface area is 192 Å². The molecule has 3 aromatic carbocycles. The lowest BCUT2D eigenvalue weighted by atomic mass is 10.1. The van der Waals surface area contributed by atoms with Crippen LogP contribution in [0.1, 0.15) is 18.1 Å². The Bertz CT molecular complexity index is 1230. The number of hydrogen-bond acceptors (Lipinski definition) is 5. The van der Waals surface area contributed by atoms with Crippen LogP contribution < -0.4 is 9.64 Å². The minimum absolute atomic E-state index is 0.0154. The van der Waals surface area contributed by atoms with Gasteiger partial charge in [-0.3, -0.25) is 19.8 Å². The molecule has 0 saturated carbocycles. The van der Waals surface area contributed by atoms with E-state index in [1.807, 2.05) is 55.5 Å². The monoisotopic (exact) mass is 491 g/mol. The van der Waals surface area contributed by atoms with Crippen LogP contribution in [0.15, 0.2) is 88.0 Å². The van der Waals surface area contributed by atoms with Crippen molar-refractivity contribution in [1.29, 1.82) is 0 Å². The fourth-order valence-corrected chi connectivity index (χ4v) is 3.75. The second-order valence-electron chi connectivity index (χ2n) is 6.86. The van der Waals surface area contributed by atoms with Crippen LogP contribution in [0.4, 0.5) is 11.4 Å². The summed E-state index contributed by atoms with van der Waals surface area (Å²) in [5, 5.41) is 10.9. The first kappa shape index (κ1) is 21.5. The van der Waals surface area contributed by atoms with E-state index < -0.39 is 4.92 Å². The highest BCUT2D eigenvalue weighted by Crippen LogP contribution is 2.31. The van der Waals surface area contributed by atoms with Crippen molar-refractivity contribution >= 4 is 45.1 Å². The molecular weight excluding hydrogens is 474 g/mol. The normalized spacial score (nSPS) is 14.6. The molecule has 32 heavy (non-hydrogen) atoms. The predicted octanol–water partition coefficient (Wildman–Crippen LogP) is 5.59. The van der Waals surface area contributed by atoms with Crippen molar-refractivity contribution in [3.63, 3.8) is 0 Å². The van der Waals surface area contributed by atoms with Crippen molar-refractivity contribution in [2.45, 2.75) is 6.92 Å². The summed E-state index contributed by atoms with van der Waals surface area (Å²) in [5.74, 6) is 0.905. The number of hydrogen-bond donors (Lipinski definition) is 0. The van der Waals surface area contributed by atoms with Gasteiger partial charge in [0.15, 0.2) is 0 Å². The van der Waals surface area contributed by atoms with Crippen LogP contribution in [0, 0.1) is 10.1 Å². The Morgan fingerprint density at radius 2 is 1.75 bits per heavy atom. The molecule has 1 heterocycles. The van der Waals surface area contributed by atoms with Crippen molar-refractivity contribution < 1.29 is 14.5 Å². The molecule has 0 aromatic heterocycles. The van der Waals surface area contributed by atoms with Gasteiger partial charge in [-0.25, -0.2) is 4.99 Å². The van der Waals surface area contributed by atoms with Gasteiger partial charge in [0.2, 0.25) is 0 Å². The number of non-ortho nitro benzene ring substituents is 1. The van der Waals surface area contributed by atoms with Crippen LogP contribution in [0.2, 0.25) is 0 Å². The molecule has 160 valence electrons. The van der Waals surface area contributed by atoms with E-state index in [9.17, 15) is 14.9 Å². The van der Waals surface area contributed by atoms with E-state index >= 15 is 0 Å². The van der Waals surface area contributed by atoms with Gasteiger partial charge in [0.05, 0.1) is 17.2 Å². The SMILES string of the molecule is CCOc1ccc(N2C(=O)/C(=C\c3ccc([N+](=O)[O-])cc3)N=C2c2ccccc2Br)cc1. The van der Waals surface area contributed by atoms with Gasteiger partial charge in [0, 0.05) is 22.2 Å². The molecule has 0 bridgehead atoms. The number of ether oxygens (including phenoxy) is 1. The van der Waals surface area contributed by atoms with Gasteiger partial charge >= 0.3 is 0 Å². The van der Waals surface area contributed by atoms with E-state index in [4.69, 9.17) is 4.74 Å². The molecule has 1 aliphatic heterocycles. The maximum absolute atomic E-state index is 13.4. The molecule has 0 spiro atoms. The van der Waals surface area contributed by atoms with Crippen molar-refractivity contribution in [2.75, 3.05) is 11.5 Å². The Balaban J connectivity index is 1.77. The number of anilines is 1. The predicted molar refractivity (Wildman–Crippen MR) is 127 cm³/mol. The molecule has 0 unspecified atom stereocenters. The molecule has 1 amide bonds. The van der Waals surface area contributed by atoms with Crippen molar-refractivity contribution in [2.24, 2.45) is 4.99 Å². The van der Waals surface area contributed by atoms with Gasteiger partial charge in [-0.15, -0.1) is 0 Å². The van der Waals surface area contributed by atoms with Crippen molar-refractivity contribution in [3.05, 3.63) is 104 Å². The van der Waals surface area contributed by atoms with Crippen LogP contribution in [0.3, 0.4) is 0 Å². The third-order valence-corrected chi connectivity index (χ3v) is 5.48. The van der Waals surface area contributed by atoms with Gasteiger partial charge < -0.3 is 4.74 Å². The number of benzene rings is 3. The molecule has 0 fully saturated rings. The first-order chi connectivity index (χ1) is 15.5. The average molecular weight is 492 g/mol. The van der Waals surface area contributed by atoms with Gasteiger partial charge in [-0.2, -0.15) is 0 Å². The third kappa shape index (κ3) is 4.31. The van der Waals surface area contributed by atoms with Crippen LogP contribution >= 0.6 is 15.9 Å². The number of nitro benzene ring substituents is 1. The summed E-state index contributed by atoms with van der Waals surface area (Å²) < 4.78 is 6.31. The molecule has 8 heteroatoms. The third-order valence-electron chi connectivity index (χ3n) is 4.79. The summed E-state index contributed by atoms with van der Waals surface area (Å²) >= 11 is 3.54. The highest BCUT2D eigenvalue weighted by molar-refractivity contribution is 9.10. The summed E-state index contributed by atoms with van der Waals surface area (Å²) in [4.78, 5) is 30.0. The number of rotatable bonds is 6. The Morgan fingerprint density at radius 3 is 2.38 bits per heavy atom.